The van der Waals surface area contributed by atoms with E-state index in [-0.39, 0.29) is 17.8 Å². The minimum Gasteiger partial charge on any atom is -0.399 e. The first-order chi connectivity index (χ1) is 9.08. The average molecular weight is 297 g/mol. The number of thioether (sulfide) groups is 1. The molecule has 0 spiro atoms. The predicted molar refractivity (Wildman–Crippen MR) is 81.7 cm³/mol. The number of aliphatic hydroxyl groups excluding tert-OH is 1. The number of aromatic nitrogens is 1. The zero-order valence-corrected chi connectivity index (χ0v) is 12.1. The van der Waals surface area contributed by atoms with Gasteiger partial charge in [-0.15, -0.1) is 11.8 Å². The molecule has 1 unspecified atom stereocenters. The molecule has 4 N–H and O–H groups in total. The topological polar surface area (TPSA) is 88.2 Å². The second-order valence-electron chi connectivity index (χ2n) is 4.10. The summed E-state index contributed by atoms with van der Waals surface area (Å²) < 4.78 is 0.951. The average Bonchev–Trinajstić information content (AvgIpc) is 2.77. The minimum atomic E-state index is -0.114. The number of fused-ring (bicyclic) bond motifs is 1. The van der Waals surface area contributed by atoms with Gasteiger partial charge in [0.05, 0.1) is 22.6 Å². The zero-order valence-electron chi connectivity index (χ0n) is 10.4. The van der Waals surface area contributed by atoms with Crippen molar-refractivity contribution in [3.8, 4) is 0 Å². The molecule has 2 rings (SSSR count). The third kappa shape index (κ3) is 3.82. The number of benzene rings is 1. The molecule has 1 atom stereocenters. The highest BCUT2D eigenvalue weighted by molar-refractivity contribution is 8.00. The van der Waals surface area contributed by atoms with Crippen molar-refractivity contribution in [1.29, 1.82) is 0 Å². The lowest BCUT2D eigenvalue weighted by molar-refractivity contribution is -0.113. The molecule has 1 amide bonds. The summed E-state index contributed by atoms with van der Waals surface area (Å²) in [4.78, 5) is 16.0. The summed E-state index contributed by atoms with van der Waals surface area (Å²) in [5.41, 5.74) is 7.20. The molecule has 19 heavy (non-hydrogen) atoms. The van der Waals surface area contributed by atoms with Crippen molar-refractivity contribution in [3.05, 3.63) is 18.2 Å². The molecular formula is C12H15N3O2S2. The Morgan fingerprint density at radius 2 is 2.42 bits per heavy atom. The van der Waals surface area contributed by atoms with Crippen LogP contribution in [-0.4, -0.2) is 33.6 Å². The Balaban J connectivity index is 1.99. The largest absolute Gasteiger partial charge is 0.399 e. The summed E-state index contributed by atoms with van der Waals surface area (Å²) in [6.07, 6.45) is 0. The molecule has 0 radical (unpaired) electrons. The number of amides is 1. The van der Waals surface area contributed by atoms with Crippen LogP contribution in [0.4, 0.5) is 10.8 Å². The first-order valence-electron chi connectivity index (χ1n) is 5.77. The lowest BCUT2D eigenvalue weighted by Gasteiger charge is -2.06. The summed E-state index contributed by atoms with van der Waals surface area (Å²) in [6, 6.07) is 5.46. The van der Waals surface area contributed by atoms with E-state index < -0.39 is 0 Å². The van der Waals surface area contributed by atoms with Crippen LogP contribution in [0, 0.1) is 0 Å². The van der Waals surface area contributed by atoms with E-state index in [0.717, 1.165) is 10.2 Å². The van der Waals surface area contributed by atoms with Gasteiger partial charge in [-0.2, -0.15) is 0 Å². The van der Waals surface area contributed by atoms with Crippen molar-refractivity contribution in [2.45, 2.75) is 12.2 Å². The molecule has 1 heterocycles. The van der Waals surface area contributed by atoms with Crippen LogP contribution in [0.25, 0.3) is 10.2 Å². The number of aliphatic hydroxyl groups is 1. The van der Waals surface area contributed by atoms with Crippen LogP contribution < -0.4 is 11.1 Å². The highest BCUT2D eigenvalue weighted by atomic mass is 32.2. The van der Waals surface area contributed by atoms with Gasteiger partial charge in [0, 0.05) is 10.9 Å². The molecule has 0 bridgehead atoms. The highest BCUT2D eigenvalue weighted by Gasteiger charge is 2.10. The van der Waals surface area contributed by atoms with Crippen LogP contribution in [0.5, 0.6) is 0 Å². The Morgan fingerprint density at radius 3 is 3.16 bits per heavy atom. The Labute approximate surface area is 119 Å². The molecule has 0 saturated carbocycles. The maximum Gasteiger partial charge on any atom is 0.236 e. The van der Waals surface area contributed by atoms with Crippen molar-refractivity contribution in [3.63, 3.8) is 0 Å². The maximum absolute atomic E-state index is 11.7. The van der Waals surface area contributed by atoms with Crippen LogP contribution in [-0.2, 0) is 4.79 Å². The van der Waals surface area contributed by atoms with Crippen molar-refractivity contribution in [1.82, 2.24) is 4.98 Å². The van der Waals surface area contributed by atoms with Gasteiger partial charge in [0.1, 0.15) is 0 Å². The number of carbonyl (C=O) groups excluding carboxylic acids is 1. The Morgan fingerprint density at radius 1 is 1.63 bits per heavy atom. The van der Waals surface area contributed by atoms with Gasteiger partial charge in [0.2, 0.25) is 5.91 Å². The molecule has 7 heteroatoms. The number of hydrogen-bond donors (Lipinski definition) is 3. The number of rotatable bonds is 5. The number of nitrogens with two attached hydrogens (primary N) is 1. The van der Waals surface area contributed by atoms with Crippen LogP contribution in [0.1, 0.15) is 6.92 Å². The summed E-state index contributed by atoms with van der Waals surface area (Å²) in [5.74, 6) is 0.192. The van der Waals surface area contributed by atoms with Crippen molar-refractivity contribution in [2.24, 2.45) is 0 Å². The third-order valence-electron chi connectivity index (χ3n) is 2.41. The fourth-order valence-electron chi connectivity index (χ4n) is 1.42. The molecule has 1 aromatic carbocycles. The van der Waals surface area contributed by atoms with E-state index in [1.54, 1.807) is 6.07 Å². The minimum absolute atomic E-state index is 0.0564. The van der Waals surface area contributed by atoms with Crippen molar-refractivity contribution < 1.29 is 9.90 Å². The van der Waals surface area contributed by atoms with Gasteiger partial charge in [-0.1, -0.05) is 18.3 Å². The SMILES string of the molecule is CC(CO)SCC(=O)Nc1nc2ccc(N)cc2s1. The molecular weight excluding hydrogens is 282 g/mol. The number of carbonyl (C=O) groups is 1. The van der Waals surface area contributed by atoms with Crippen molar-refractivity contribution in [2.75, 3.05) is 23.4 Å². The van der Waals surface area contributed by atoms with E-state index in [0.29, 0.717) is 16.6 Å². The first-order valence-corrected chi connectivity index (χ1v) is 7.63. The number of nitrogen functional groups attached to an aromatic ring is 1. The standard InChI is InChI=1S/C12H15N3O2S2/c1-7(5-16)18-6-11(17)15-12-14-9-3-2-8(13)4-10(9)19-12/h2-4,7,16H,5-6,13H2,1H3,(H,14,15,17). The quantitative estimate of drug-likeness (QED) is 0.734. The smallest absolute Gasteiger partial charge is 0.236 e. The molecule has 5 nitrogen and oxygen atoms in total. The van der Waals surface area contributed by atoms with Gasteiger partial charge < -0.3 is 16.2 Å². The lowest BCUT2D eigenvalue weighted by Crippen LogP contribution is -2.16. The molecule has 102 valence electrons. The van der Waals surface area contributed by atoms with Gasteiger partial charge in [0.15, 0.2) is 5.13 Å². The van der Waals surface area contributed by atoms with Gasteiger partial charge in [-0.25, -0.2) is 4.98 Å². The number of hydrogen-bond acceptors (Lipinski definition) is 6. The van der Waals surface area contributed by atoms with E-state index in [4.69, 9.17) is 10.8 Å². The Hall–Kier alpha value is -1.31. The number of thiazole rings is 1. The summed E-state index contributed by atoms with van der Waals surface area (Å²) in [7, 11) is 0. The molecule has 2 aromatic rings. The first kappa shape index (κ1) is 14.1. The highest BCUT2D eigenvalue weighted by Crippen LogP contribution is 2.27. The van der Waals surface area contributed by atoms with Gasteiger partial charge >= 0.3 is 0 Å². The number of nitrogens with one attached hydrogen (secondary N) is 1. The molecule has 0 aliphatic rings. The van der Waals surface area contributed by atoms with E-state index in [1.807, 2.05) is 19.1 Å². The fraction of sp³-hybridized carbons (Fsp3) is 0.333. The third-order valence-corrected chi connectivity index (χ3v) is 4.50. The predicted octanol–water partition coefficient (Wildman–Crippen LogP) is 1.93. The Kier molecular flexibility index (Phi) is 4.62. The van der Waals surface area contributed by atoms with Crippen LogP contribution in [0.15, 0.2) is 18.2 Å². The summed E-state index contributed by atoms with van der Waals surface area (Å²) in [5, 5.41) is 12.3. The number of nitrogens with zero attached hydrogens (tertiary/aromatic N) is 1. The normalized spacial score (nSPS) is 12.5. The molecule has 0 aliphatic carbocycles. The van der Waals surface area contributed by atoms with E-state index in [9.17, 15) is 4.79 Å². The van der Waals surface area contributed by atoms with Gasteiger partial charge in [-0.3, -0.25) is 4.79 Å². The molecule has 0 fully saturated rings. The summed E-state index contributed by atoms with van der Waals surface area (Å²) >= 11 is 2.81. The Bertz CT molecular complexity index is 585. The van der Waals surface area contributed by atoms with Gasteiger partial charge in [-0.05, 0) is 18.2 Å². The number of anilines is 2. The van der Waals surface area contributed by atoms with Crippen LogP contribution in [0.3, 0.4) is 0 Å². The monoisotopic (exact) mass is 297 g/mol. The van der Waals surface area contributed by atoms with Crippen molar-refractivity contribution >= 4 is 50.0 Å². The molecule has 0 aliphatic heterocycles. The van der Waals surface area contributed by atoms with Crippen LogP contribution in [0.2, 0.25) is 0 Å². The van der Waals surface area contributed by atoms with E-state index >= 15 is 0 Å². The molecule has 0 saturated heterocycles. The van der Waals surface area contributed by atoms with E-state index in [2.05, 4.69) is 10.3 Å². The van der Waals surface area contributed by atoms with Gasteiger partial charge in [0.25, 0.3) is 0 Å². The summed E-state index contributed by atoms with van der Waals surface area (Å²) in [6.45, 7) is 1.94. The fourth-order valence-corrected chi connectivity index (χ4v) is 2.96. The van der Waals surface area contributed by atoms with E-state index in [1.165, 1.54) is 23.1 Å². The lowest BCUT2D eigenvalue weighted by atomic mass is 10.3. The molecule has 1 aromatic heterocycles. The second kappa shape index (κ2) is 6.23. The second-order valence-corrected chi connectivity index (χ2v) is 6.56. The van der Waals surface area contributed by atoms with Crippen LogP contribution >= 0.6 is 23.1 Å². The maximum atomic E-state index is 11.7. The zero-order chi connectivity index (χ0) is 13.8.